The molecule has 0 spiro atoms. The number of hydrogen-bond donors (Lipinski definition) is 3. The highest BCUT2D eigenvalue weighted by Crippen LogP contribution is 2.32. The summed E-state index contributed by atoms with van der Waals surface area (Å²) in [6, 6.07) is 13.5. The molecule has 1 aliphatic carbocycles. The number of carbonyl (C=O) groups excluding carboxylic acids is 1. The molecule has 2 aromatic carbocycles. The molecule has 0 aliphatic heterocycles. The molecular formula is C31H34N6O2. The summed E-state index contributed by atoms with van der Waals surface area (Å²) in [6.07, 6.45) is 4.26. The van der Waals surface area contributed by atoms with Crippen molar-refractivity contribution in [3.8, 4) is 11.8 Å². The van der Waals surface area contributed by atoms with E-state index in [9.17, 15) is 9.90 Å². The summed E-state index contributed by atoms with van der Waals surface area (Å²) in [5, 5.41) is 18.4. The van der Waals surface area contributed by atoms with Crippen LogP contribution in [0.5, 0.6) is 0 Å². The minimum atomic E-state index is -0.264. The molecule has 1 fully saturated rings. The van der Waals surface area contributed by atoms with Crippen molar-refractivity contribution in [2.75, 3.05) is 11.1 Å². The van der Waals surface area contributed by atoms with Gasteiger partial charge in [0.1, 0.15) is 17.8 Å². The topological polar surface area (TPSA) is 119 Å². The highest BCUT2D eigenvalue weighted by Gasteiger charge is 2.25. The minimum Gasteiger partial charge on any atom is -0.393 e. The first kappa shape index (κ1) is 26.4. The van der Waals surface area contributed by atoms with Gasteiger partial charge in [-0.1, -0.05) is 44.9 Å². The van der Waals surface area contributed by atoms with E-state index in [1.165, 1.54) is 6.33 Å². The summed E-state index contributed by atoms with van der Waals surface area (Å²) >= 11 is 0. The van der Waals surface area contributed by atoms with Gasteiger partial charge in [-0.2, -0.15) is 5.10 Å². The molecule has 200 valence electrons. The summed E-state index contributed by atoms with van der Waals surface area (Å²) in [6.45, 7) is 8.35. The van der Waals surface area contributed by atoms with E-state index in [0.717, 1.165) is 42.4 Å². The van der Waals surface area contributed by atoms with Crippen molar-refractivity contribution < 1.29 is 9.90 Å². The fraction of sp³-hybridized carbons (Fsp3) is 0.355. The van der Waals surface area contributed by atoms with Gasteiger partial charge in [-0.15, -0.1) is 0 Å². The Bertz CT molecular complexity index is 1600. The molecular weight excluding hydrogens is 488 g/mol. The van der Waals surface area contributed by atoms with Gasteiger partial charge in [0.25, 0.3) is 5.91 Å². The number of hydrogen-bond acceptors (Lipinski definition) is 6. The van der Waals surface area contributed by atoms with Gasteiger partial charge in [-0.05, 0) is 79.3 Å². The van der Waals surface area contributed by atoms with Crippen LogP contribution in [0, 0.1) is 18.8 Å². The van der Waals surface area contributed by atoms with E-state index in [1.54, 1.807) is 0 Å². The molecule has 0 bridgehead atoms. The number of nitrogen functional groups attached to an aromatic ring is 1. The number of rotatable bonds is 3. The number of aromatic nitrogens is 4. The second kappa shape index (κ2) is 10.5. The summed E-state index contributed by atoms with van der Waals surface area (Å²) in [5.41, 5.74) is 11.5. The second-order valence-electron chi connectivity index (χ2n) is 11.3. The lowest BCUT2D eigenvalue weighted by Crippen LogP contribution is -2.22. The Morgan fingerprint density at radius 2 is 1.85 bits per heavy atom. The monoisotopic (exact) mass is 522 g/mol. The molecule has 0 saturated heterocycles. The Morgan fingerprint density at radius 1 is 1.08 bits per heavy atom. The van der Waals surface area contributed by atoms with Gasteiger partial charge in [0.15, 0.2) is 5.65 Å². The molecule has 0 radical (unpaired) electrons. The van der Waals surface area contributed by atoms with Crippen LogP contribution in [0.15, 0.2) is 48.8 Å². The van der Waals surface area contributed by atoms with E-state index in [2.05, 4.69) is 47.9 Å². The van der Waals surface area contributed by atoms with Crippen molar-refractivity contribution in [2.45, 2.75) is 70.9 Å². The van der Waals surface area contributed by atoms with Gasteiger partial charge in [0.05, 0.1) is 17.5 Å². The molecule has 8 heteroatoms. The Morgan fingerprint density at radius 3 is 2.59 bits per heavy atom. The third kappa shape index (κ3) is 5.64. The Hall–Kier alpha value is -4.22. The van der Waals surface area contributed by atoms with Crippen LogP contribution in [0.25, 0.3) is 11.0 Å². The van der Waals surface area contributed by atoms with Crippen molar-refractivity contribution in [3.05, 3.63) is 76.7 Å². The van der Waals surface area contributed by atoms with Crippen molar-refractivity contribution in [3.63, 3.8) is 0 Å². The average molecular weight is 523 g/mol. The molecule has 5 rings (SSSR count). The molecule has 39 heavy (non-hydrogen) atoms. The third-order valence-electron chi connectivity index (χ3n) is 7.33. The van der Waals surface area contributed by atoms with Crippen LogP contribution in [0.2, 0.25) is 0 Å². The Balaban J connectivity index is 1.44. The van der Waals surface area contributed by atoms with E-state index >= 15 is 0 Å². The van der Waals surface area contributed by atoms with Crippen LogP contribution >= 0.6 is 0 Å². The Labute approximate surface area is 228 Å². The van der Waals surface area contributed by atoms with E-state index in [0.29, 0.717) is 33.8 Å². The van der Waals surface area contributed by atoms with Crippen molar-refractivity contribution in [1.29, 1.82) is 0 Å². The van der Waals surface area contributed by atoms with Gasteiger partial charge in [-0.3, -0.25) is 4.79 Å². The summed E-state index contributed by atoms with van der Waals surface area (Å²) < 4.78 is 1.89. The third-order valence-corrected chi connectivity index (χ3v) is 7.33. The van der Waals surface area contributed by atoms with Crippen LogP contribution in [-0.2, 0) is 5.41 Å². The number of amides is 1. The molecule has 1 amide bonds. The highest BCUT2D eigenvalue weighted by atomic mass is 16.3. The zero-order valence-corrected chi connectivity index (χ0v) is 22.8. The van der Waals surface area contributed by atoms with Crippen molar-refractivity contribution in [2.24, 2.45) is 0 Å². The molecule has 4 N–H and O–H groups in total. The lowest BCUT2D eigenvalue weighted by molar-refractivity contribution is 0.102. The van der Waals surface area contributed by atoms with Gasteiger partial charge in [0, 0.05) is 16.8 Å². The van der Waals surface area contributed by atoms with Crippen LogP contribution < -0.4 is 11.1 Å². The first-order chi connectivity index (χ1) is 18.6. The zero-order valence-electron chi connectivity index (χ0n) is 22.8. The lowest BCUT2D eigenvalue weighted by atomic mass is 9.86. The largest absolute Gasteiger partial charge is 0.393 e. The maximum absolute atomic E-state index is 13.0. The van der Waals surface area contributed by atoms with Gasteiger partial charge >= 0.3 is 0 Å². The van der Waals surface area contributed by atoms with Crippen LogP contribution in [-0.4, -0.2) is 36.9 Å². The van der Waals surface area contributed by atoms with Crippen LogP contribution in [0.4, 0.5) is 11.5 Å². The fourth-order valence-electron chi connectivity index (χ4n) is 4.93. The molecule has 2 heterocycles. The molecule has 0 atom stereocenters. The number of nitrogens with zero attached hydrogens (tertiary/aromatic N) is 4. The fourth-order valence-corrected chi connectivity index (χ4v) is 4.93. The summed E-state index contributed by atoms with van der Waals surface area (Å²) in [7, 11) is 0. The van der Waals surface area contributed by atoms with Gasteiger partial charge in [0.2, 0.25) is 0 Å². The second-order valence-corrected chi connectivity index (χ2v) is 11.3. The highest BCUT2D eigenvalue weighted by molar-refractivity contribution is 6.04. The maximum Gasteiger partial charge on any atom is 0.255 e. The molecule has 8 nitrogen and oxygen atoms in total. The van der Waals surface area contributed by atoms with Crippen LogP contribution in [0.1, 0.15) is 85.2 Å². The predicted octanol–water partition coefficient (Wildman–Crippen LogP) is 5.14. The van der Waals surface area contributed by atoms with Gasteiger partial charge < -0.3 is 16.2 Å². The quantitative estimate of drug-likeness (QED) is 0.321. The molecule has 0 unspecified atom stereocenters. The van der Waals surface area contributed by atoms with Crippen LogP contribution in [0.3, 0.4) is 0 Å². The lowest BCUT2D eigenvalue weighted by Gasteiger charge is -2.25. The van der Waals surface area contributed by atoms with Gasteiger partial charge in [-0.25, -0.2) is 14.6 Å². The number of anilines is 2. The summed E-state index contributed by atoms with van der Waals surface area (Å²) in [4.78, 5) is 21.6. The first-order valence-corrected chi connectivity index (χ1v) is 13.3. The summed E-state index contributed by atoms with van der Waals surface area (Å²) in [5.74, 6) is 6.58. The smallest absolute Gasteiger partial charge is 0.255 e. The van der Waals surface area contributed by atoms with E-state index in [1.807, 2.05) is 54.1 Å². The van der Waals surface area contributed by atoms with E-state index in [4.69, 9.17) is 10.8 Å². The maximum atomic E-state index is 13.0. The number of aryl methyl sites for hydroxylation is 1. The van der Waals surface area contributed by atoms with E-state index in [-0.39, 0.29) is 23.5 Å². The molecule has 1 saturated carbocycles. The molecule has 2 aromatic heterocycles. The molecule has 1 aliphatic rings. The number of nitrogens with two attached hydrogens (primary N) is 1. The SMILES string of the molecule is Cc1ccc(NC(=O)c2cccc(C(C)(C)C)c2)cc1C#Cc1nn(C2CCC(O)CC2)c2ncnc(N)c12. The van der Waals surface area contributed by atoms with Crippen molar-refractivity contribution in [1.82, 2.24) is 19.7 Å². The van der Waals surface area contributed by atoms with E-state index < -0.39 is 0 Å². The number of carbonyl (C=O) groups is 1. The number of fused-ring (bicyclic) bond motifs is 1. The van der Waals surface area contributed by atoms with Crippen molar-refractivity contribution >= 4 is 28.4 Å². The Kier molecular flexibility index (Phi) is 7.11. The number of nitrogens with one attached hydrogen (secondary N) is 1. The average Bonchev–Trinajstić information content (AvgIpc) is 3.29. The minimum absolute atomic E-state index is 0.0489. The number of aliphatic hydroxyl groups is 1. The zero-order chi connectivity index (χ0) is 27.7. The number of aliphatic hydroxyl groups excluding tert-OH is 1. The molecule has 4 aromatic rings. The predicted molar refractivity (Wildman–Crippen MR) is 154 cm³/mol. The first-order valence-electron chi connectivity index (χ1n) is 13.3. The normalized spacial score (nSPS) is 17.5. The number of benzene rings is 2. The standard InChI is InChI=1S/C31H34N6O2/c1-19-8-10-23(35-30(39)21-6-5-7-22(16-21)31(2,3)4)17-20(19)9-15-26-27-28(32)33-18-34-29(27)37(36-26)24-11-13-25(38)14-12-24/h5-8,10,16-18,24-25,38H,11-14H2,1-4H3,(H,35,39)(H2,32,33,34).